The SMILES string of the molecule is [2H]c1cc(N)c2c(=O)n(C3([2H])C(=O)CC(=O)CC3([2H])[2H])c(C([2H])([2H])[2H])nc2c1[2H]. The first-order chi connectivity index (χ1) is 13.1. The van der Waals surface area contributed by atoms with Crippen LogP contribution in [-0.2, 0) is 9.59 Å². The number of nitrogens with zero attached hydrogens (tertiary/aromatic N) is 2. The Kier molecular flexibility index (Phi) is 1.59. The third-order valence-corrected chi connectivity index (χ3v) is 3.09. The molecule has 6 heteroatoms. The average Bonchev–Trinajstić information content (AvgIpc) is 2.55. The first-order valence-corrected chi connectivity index (χ1v) is 6.01. The monoisotopic (exact) mass is 293 g/mol. The second-order valence-corrected chi connectivity index (χ2v) is 4.51. The maximum atomic E-state index is 13.2. The molecule has 1 atom stereocenters. The predicted molar refractivity (Wildman–Crippen MR) is 78.1 cm³/mol. The highest BCUT2D eigenvalue weighted by atomic mass is 16.2. The molecule has 1 fully saturated rings. The van der Waals surface area contributed by atoms with Gasteiger partial charge in [-0.3, -0.25) is 19.0 Å². The van der Waals surface area contributed by atoms with Gasteiger partial charge in [0, 0.05) is 19.0 Å². The maximum Gasteiger partial charge on any atom is 0.264 e. The van der Waals surface area contributed by atoms with E-state index in [9.17, 15) is 14.4 Å². The molecule has 1 heterocycles. The second-order valence-electron chi connectivity index (χ2n) is 4.51. The van der Waals surface area contributed by atoms with Crippen molar-refractivity contribution in [2.24, 2.45) is 0 Å². The summed E-state index contributed by atoms with van der Waals surface area (Å²) in [5.74, 6) is -3.18. The molecule has 0 saturated heterocycles. The number of carbonyl (C=O) groups is 2. The molecule has 6 nitrogen and oxygen atoms in total. The van der Waals surface area contributed by atoms with Crippen LogP contribution in [0.3, 0.4) is 0 Å². The van der Waals surface area contributed by atoms with Crippen LogP contribution in [0.5, 0.6) is 0 Å². The van der Waals surface area contributed by atoms with Gasteiger partial charge in [-0.2, -0.15) is 0 Å². The van der Waals surface area contributed by atoms with Gasteiger partial charge in [0.1, 0.15) is 11.6 Å². The van der Waals surface area contributed by atoms with Crippen LogP contribution in [0.2, 0.25) is 0 Å². The summed E-state index contributed by atoms with van der Waals surface area (Å²) in [6.45, 7) is -3.18. The van der Waals surface area contributed by atoms with Gasteiger partial charge in [-0.15, -0.1) is 0 Å². The lowest BCUT2D eigenvalue weighted by Gasteiger charge is -2.24. The summed E-state index contributed by atoms with van der Waals surface area (Å²) in [4.78, 5) is 41.3. The van der Waals surface area contributed by atoms with Crippen LogP contribution in [-0.4, -0.2) is 21.1 Å². The van der Waals surface area contributed by atoms with Gasteiger partial charge >= 0.3 is 0 Å². The fourth-order valence-corrected chi connectivity index (χ4v) is 2.14. The number of benzene rings is 1. The van der Waals surface area contributed by atoms with Crippen molar-refractivity contribution >= 4 is 28.2 Å². The van der Waals surface area contributed by atoms with Crippen molar-refractivity contribution in [1.82, 2.24) is 9.55 Å². The van der Waals surface area contributed by atoms with E-state index in [-0.39, 0.29) is 10.3 Å². The Morgan fingerprint density at radius 2 is 2.38 bits per heavy atom. The lowest BCUT2D eigenvalue weighted by atomic mass is 9.92. The third kappa shape index (κ3) is 2.12. The molecule has 1 aromatic carbocycles. The number of fused-ring (bicyclic) bond motifs is 1. The number of hydrogen-bond acceptors (Lipinski definition) is 5. The van der Waals surface area contributed by atoms with Gasteiger partial charge in [0.2, 0.25) is 0 Å². The minimum atomic E-state index is -3.18. The topological polar surface area (TPSA) is 95.0 Å². The van der Waals surface area contributed by atoms with E-state index < -0.39 is 78.0 Å². The molecule has 1 aromatic heterocycles. The first kappa shape index (κ1) is 6.98. The number of nitrogen functional groups attached to an aromatic ring is 1. The fraction of sp³-hybridized carbons (Fsp3) is 0.333. The Morgan fingerprint density at radius 3 is 3.10 bits per heavy atom. The highest BCUT2D eigenvalue weighted by Gasteiger charge is 2.30. The number of hydrogen-bond donors (Lipinski definition) is 1. The summed E-state index contributed by atoms with van der Waals surface area (Å²) < 4.78 is 63.5. The summed E-state index contributed by atoms with van der Waals surface area (Å²) in [5.41, 5.74) is 3.60. The Morgan fingerprint density at radius 1 is 1.57 bits per heavy atom. The quantitative estimate of drug-likeness (QED) is 0.628. The maximum absolute atomic E-state index is 13.2. The van der Waals surface area contributed by atoms with Crippen LogP contribution in [0.1, 0.15) is 42.0 Å². The number of carbonyl (C=O) groups excluding carboxylic acids is 2. The van der Waals surface area contributed by atoms with Gasteiger partial charge in [-0.05, 0) is 25.3 Å². The molecule has 1 aliphatic carbocycles. The Hall–Kier alpha value is -2.50. The van der Waals surface area contributed by atoms with Crippen molar-refractivity contribution in [3.8, 4) is 0 Å². The summed E-state index contributed by atoms with van der Waals surface area (Å²) in [7, 11) is 0. The first-order valence-electron chi connectivity index (χ1n) is 10.0. The van der Waals surface area contributed by atoms with Crippen molar-refractivity contribution < 1.29 is 20.6 Å². The van der Waals surface area contributed by atoms with Crippen molar-refractivity contribution in [2.75, 3.05) is 5.73 Å². The van der Waals surface area contributed by atoms with E-state index in [1.807, 2.05) is 0 Å². The highest BCUT2D eigenvalue weighted by Crippen LogP contribution is 2.24. The van der Waals surface area contributed by atoms with E-state index in [0.717, 1.165) is 6.07 Å². The molecule has 21 heavy (non-hydrogen) atoms. The van der Waals surface area contributed by atoms with Crippen LogP contribution >= 0.6 is 0 Å². The van der Waals surface area contributed by atoms with Crippen LogP contribution in [0, 0.1) is 6.85 Å². The summed E-state index contributed by atoms with van der Waals surface area (Å²) in [6.07, 6.45) is -4.64. The minimum Gasteiger partial charge on any atom is -0.398 e. The molecule has 108 valence electrons. The molecule has 0 aliphatic heterocycles. The Balaban J connectivity index is 2.57. The number of Topliss-reactive ketones (excluding diaryl/α,β-unsaturated/α-hetero) is 2. The van der Waals surface area contributed by atoms with Gasteiger partial charge in [-0.25, -0.2) is 4.98 Å². The van der Waals surface area contributed by atoms with Gasteiger partial charge in [0.05, 0.1) is 27.5 Å². The zero-order chi connectivity index (χ0) is 22.1. The number of aryl methyl sites for hydroxylation is 1. The third-order valence-electron chi connectivity index (χ3n) is 3.09. The molecule has 0 spiro atoms. The molecule has 0 bridgehead atoms. The summed E-state index contributed by atoms with van der Waals surface area (Å²) in [5, 5.41) is -0.508. The van der Waals surface area contributed by atoms with Gasteiger partial charge in [0.15, 0.2) is 5.78 Å². The number of anilines is 1. The van der Waals surface area contributed by atoms with Crippen molar-refractivity contribution in [1.29, 1.82) is 0 Å². The number of aromatic nitrogens is 2. The van der Waals surface area contributed by atoms with Gasteiger partial charge in [0.25, 0.3) is 5.56 Å². The van der Waals surface area contributed by atoms with Gasteiger partial charge < -0.3 is 5.73 Å². The van der Waals surface area contributed by atoms with E-state index in [2.05, 4.69) is 4.98 Å². The molecular formula is C15H15N3O3. The highest BCUT2D eigenvalue weighted by molar-refractivity contribution is 6.03. The van der Waals surface area contributed by atoms with Gasteiger partial charge in [-0.1, -0.05) is 6.04 Å². The smallest absolute Gasteiger partial charge is 0.264 e. The average molecular weight is 293 g/mol. The van der Waals surface area contributed by atoms with E-state index in [1.54, 1.807) is 0 Å². The second kappa shape index (κ2) is 4.80. The molecule has 1 unspecified atom stereocenters. The molecule has 2 aromatic rings. The van der Waals surface area contributed by atoms with Crippen molar-refractivity contribution in [3.63, 3.8) is 0 Å². The van der Waals surface area contributed by atoms with Crippen LogP contribution in [0.15, 0.2) is 22.9 Å². The lowest BCUT2D eigenvalue weighted by molar-refractivity contribution is -0.132. The Labute approximate surface area is 131 Å². The number of rotatable bonds is 1. The van der Waals surface area contributed by atoms with Crippen LogP contribution in [0.25, 0.3) is 10.9 Å². The standard InChI is InChI=1S/C15H15N3O3/c1-8-17-11-4-2-3-10(16)14(11)15(21)18(8)12-6-5-9(19)7-13(12)20/h2-4,12H,5-7,16H2,1H3/i1D3,2D,4D,6D2,12D. The van der Waals surface area contributed by atoms with E-state index >= 15 is 0 Å². The fourth-order valence-electron chi connectivity index (χ4n) is 2.14. The number of ketones is 2. The molecular weight excluding hydrogens is 270 g/mol. The summed E-state index contributed by atoms with van der Waals surface area (Å²) in [6, 6.07) is -3.13. The van der Waals surface area contributed by atoms with Crippen LogP contribution in [0.4, 0.5) is 5.69 Å². The molecule has 2 N–H and O–H groups in total. The summed E-state index contributed by atoms with van der Waals surface area (Å²) >= 11 is 0. The van der Waals surface area contributed by atoms with Crippen molar-refractivity contribution in [2.45, 2.75) is 32.1 Å². The Bertz CT molecular complexity index is 1140. The predicted octanol–water partition coefficient (Wildman–Crippen LogP) is 1.15. The molecule has 0 radical (unpaired) electrons. The number of nitrogens with two attached hydrogens (primary N) is 1. The van der Waals surface area contributed by atoms with Crippen LogP contribution < -0.4 is 11.3 Å². The molecule has 3 rings (SSSR count). The zero-order valence-electron chi connectivity index (χ0n) is 18.7. The van der Waals surface area contributed by atoms with E-state index in [4.69, 9.17) is 16.7 Å². The molecule has 1 saturated carbocycles. The van der Waals surface area contributed by atoms with E-state index in [1.165, 1.54) is 0 Å². The zero-order valence-corrected chi connectivity index (χ0v) is 10.7. The molecule has 0 amide bonds. The minimum absolute atomic E-state index is 0.122. The normalized spacial score (nSPS) is 31.2. The van der Waals surface area contributed by atoms with E-state index in [0.29, 0.717) is 0 Å². The van der Waals surface area contributed by atoms with Crippen molar-refractivity contribution in [3.05, 3.63) is 34.3 Å². The largest absolute Gasteiger partial charge is 0.398 e. The lowest BCUT2D eigenvalue weighted by Crippen LogP contribution is -2.36. The molecule has 1 aliphatic rings.